The van der Waals surface area contributed by atoms with E-state index in [1.165, 1.54) is 32.3 Å². The van der Waals surface area contributed by atoms with Crippen LogP contribution in [0.5, 0.6) is 0 Å². The molecule has 0 bridgehead atoms. The summed E-state index contributed by atoms with van der Waals surface area (Å²) in [5.41, 5.74) is 0.912. The molecule has 0 aliphatic heterocycles. The van der Waals surface area contributed by atoms with Crippen LogP contribution in [0.2, 0.25) is 0 Å². The maximum Gasteiger partial charge on any atom is 0.416 e. The second kappa shape index (κ2) is 7.60. The normalized spacial score (nSPS) is 18.1. The molecule has 0 saturated heterocycles. The van der Waals surface area contributed by atoms with Crippen molar-refractivity contribution >= 4 is 17.5 Å². The van der Waals surface area contributed by atoms with Crippen LogP contribution in [0.4, 0.5) is 30.6 Å². The average Bonchev–Trinajstić information content (AvgIpc) is 3.48. The number of nitrogens with zero attached hydrogens (tertiary/aromatic N) is 2. The molecule has 150 valence electrons. The van der Waals surface area contributed by atoms with E-state index in [0.29, 0.717) is 29.4 Å². The first-order valence-corrected chi connectivity index (χ1v) is 9.99. The molecule has 2 aliphatic carbocycles. The van der Waals surface area contributed by atoms with Crippen LogP contribution in [0.25, 0.3) is 0 Å². The second-order valence-electron chi connectivity index (χ2n) is 7.91. The number of aromatic nitrogens is 2. The smallest absolute Gasteiger partial charge is 0.351 e. The monoisotopic (exact) mass is 390 g/mol. The molecular weight excluding hydrogens is 365 g/mol. The van der Waals surface area contributed by atoms with Gasteiger partial charge in [-0.3, -0.25) is 0 Å². The van der Waals surface area contributed by atoms with Gasteiger partial charge in [0.25, 0.3) is 0 Å². The van der Waals surface area contributed by atoms with Gasteiger partial charge in [0.15, 0.2) is 0 Å². The largest absolute Gasteiger partial charge is 0.416 e. The Kier molecular flexibility index (Phi) is 5.17. The molecule has 1 heterocycles. The molecule has 0 amide bonds. The molecule has 4 rings (SSSR count). The van der Waals surface area contributed by atoms with Gasteiger partial charge in [-0.05, 0) is 50.3 Å². The van der Waals surface area contributed by atoms with Gasteiger partial charge in [0, 0.05) is 23.7 Å². The first-order valence-electron chi connectivity index (χ1n) is 9.99. The van der Waals surface area contributed by atoms with Gasteiger partial charge in [-0.25, -0.2) is 4.98 Å². The van der Waals surface area contributed by atoms with Crippen molar-refractivity contribution in [3.8, 4) is 0 Å². The molecule has 0 unspecified atom stereocenters. The third-order valence-electron chi connectivity index (χ3n) is 5.50. The van der Waals surface area contributed by atoms with Crippen LogP contribution in [0.15, 0.2) is 24.3 Å². The van der Waals surface area contributed by atoms with Gasteiger partial charge in [0.2, 0.25) is 5.95 Å². The SMILES string of the molecule is Cc1ccc(Nc2cc(C3CC3)nc(NC3CCCCC3)n2)cc1C(F)(F)F. The number of benzene rings is 1. The summed E-state index contributed by atoms with van der Waals surface area (Å²) in [6.45, 7) is 1.47. The molecule has 0 atom stereocenters. The maximum atomic E-state index is 13.2. The molecule has 2 fully saturated rings. The Hall–Kier alpha value is -2.31. The lowest BCUT2D eigenvalue weighted by Crippen LogP contribution is -2.23. The summed E-state index contributed by atoms with van der Waals surface area (Å²) in [5.74, 6) is 1.54. The minimum atomic E-state index is -4.37. The Balaban J connectivity index is 1.58. The van der Waals surface area contributed by atoms with Gasteiger partial charge in [0.05, 0.1) is 11.3 Å². The van der Waals surface area contributed by atoms with Crippen LogP contribution in [0.1, 0.15) is 67.7 Å². The number of anilines is 3. The average molecular weight is 390 g/mol. The number of aryl methyl sites for hydroxylation is 1. The summed E-state index contributed by atoms with van der Waals surface area (Å²) in [4.78, 5) is 9.19. The Morgan fingerprint density at radius 1 is 0.964 bits per heavy atom. The van der Waals surface area contributed by atoms with Crippen molar-refractivity contribution in [1.29, 1.82) is 0 Å². The number of nitrogens with one attached hydrogen (secondary N) is 2. The fourth-order valence-corrected chi connectivity index (χ4v) is 3.77. The second-order valence-corrected chi connectivity index (χ2v) is 7.91. The molecule has 1 aromatic carbocycles. The van der Waals surface area contributed by atoms with Crippen molar-refractivity contribution in [2.24, 2.45) is 0 Å². The quantitative estimate of drug-likeness (QED) is 0.641. The highest BCUT2D eigenvalue weighted by atomic mass is 19.4. The Labute approximate surface area is 163 Å². The zero-order chi connectivity index (χ0) is 19.7. The van der Waals surface area contributed by atoms with Crippen molar-refractivity contribution in [1.82, 2.24) is 9.97 Å². The van der Waals surface area contributed by atoms with E-state index in [4.69, 9.17) is 0 Å². The van der Waals surface area contributed by atoms with E-state index in [9.17, 15) is 13.2 Å². The zero-order valence-electron chi connectivity index (χ0n) is 15.9. The van der Waals surface area contributed by atoms with E-state index in [1.54, 1.807) is 6.07 Å². The van der Waals surface area contributed by atoms with Crippen molar-refractivity contribution in [3.63, 3.8) is 0 Å². The molecular formula is C21H25F3N4. The highest BCUT2D eigenvalue weighted by Gasteiger charge is 2.32. The highest BCUT2D eigenvalue weighted by Crippen LogP contribution is 2.40. The van der Waals surface area contributed by atoms with E-state index in [0.717, 1.165) is 37.4 Å². The molecule has 7 heteroatoms. The fraction of sp³-hybridized carbons (Fsp3) is 0.524. The molecule has 2 N–H and O–H groups in total. The molecule has 2 aliphatic rings. The third-order valence-corrected chi connectivity index (χ3v) is 5.50. The summed E-state index contributed by atoms with van der Waals surface area (Å²) in [6, 6.07) is 6.50. The van der Waals surface area contributed by atoms with E-state index in [1.807, 2.05) is 6.07 Å². The molecule has 0 spiro atoms. The molecule has 2 saturated carbocycles. The van der Waals surface area contributed by atoms with Gasteiger partial charge in [-0.1, -0.05) is 25.3 Å². The molecule has 28 heavy (non-hydrogen) atoms. The summed E-state index contributed by atoms with van der Waals surface area (Å²) in [7, 11) is 0. The van der Waals surface area contributed by atoms with Gasteiger partial charge in [-0.2, -0.15) is 18.2 Å². The summed E-state index contributed by atoms with van der Waals surface area (Å²) in [5, 5.41) is 6.49. The topological polar surface area (TPSA) is 49.8 Å². The number of hydrogen-bond acceptors (Lipinski definition) is 4. The predicted octanol–water partition coefficient (Wildman–Crippen LogP) is 6.17. The Morgan fingerprint density at radius 3 is 2.39 bits per heavy atom. The van der Waals surface area contributed by atoms with Gasteiger partial charge in [0.1, 0.15) is 5.82 Å². The zero-order valence-corrected chi connectivity index (χ0v) is 15.9. The lowest BCUT2D eigenvalue weighted by Gasteiger charge is -2.23. The molecule has 2 aromatic rings. The van der Waals surface area contributed by atoms with Crippen LogP contribution in [-0.2, 0) is 6.18 Å². The fourth-order valence-electron chi connectivity index (χ4n) is 3.77. The van der Waals surface area contributed by atoms with Gasteiger partial charge in [-0.15, -0.1) is 0 Å². The minimum Gasteiger partial charge on any atom is -0.351 e. The first kappa shape index (κ1) is 19.0. The number of rotatable bonds is 5. The predicted molar refractivity (Wildman–Crippen MR) is 104 cm³/mol. The van der Waals surface area contributed by atoms with E-state index in [2.05, 4.69) is 20.6 Å². The van der Waals surface area contributed by atoms with E-state index < -0.39 is 11.7 Å². The van der Waals surface area contributed by atoms with Crippen molar-refractivity contribution in [2.75, 3.05) is 10.6 Å². The van der Waals surface area contributed by atoms with Crippen LogP contribution in [-0.4, -0.2) is 16.0 Å². The Bertz CT molecular complexity index is 840. The van der Waals surface area contributed by atoms with Crippen LogP contribution in [0.3, 0.4) is 0 Å². The first-order chi connectivity index (χ1) is 13.4. The van der Waals surface area contributed by atoms with Crippen LogP contribution in [0, 0.1) is 6.92 Å². The van der Waals surface area contributed by atoms with Crippen molar-refractivity contribution in [3.05, 3.63) is 41.1 Å². The number of alkyl halides is 3. The summed E-state index contributed by atoms with van der Waals surface area (Å²) < 4.78 is 39.6. The van der Waals surface area contributed by atoms with E-state index in [-0.39, 0.29) is 5.56 Å². The van der Waals surface area contributed by atoms with Gasteiger partial charge >= 0.3 is 6.18 Å². The highest BCUT2D eigenvalue weighted by molar-refractivity contribution is 5.60. The molecule has 1 aromatic heterocycles. The minimum absolute atomic E-state index is 0.207. The molecule has 4 nitrogen and oxygen atoms in total. The van der Waals surface area contributed by atoms with Crippen LogP contribution >= 0.6 is 0 Å². The lowest BCUT2D eigenvalue weighted by molar-refractivity contribution is -0.138. The van der Waals surface area contributed by atoms with Crippen molar-refractivity contribution in [2.45, 2.75) is 70.0 Å². The van der Waals surface area contributed by atoms with Crippen molar-refractivity contribution < 1.29 is 13.2 Å². The Morgan fingerprint density at radius 2 is 1.71 bits per heavy atom. The number of halogens is 3. The number of hydrogen-bond donors (Lipinski definition) is 2. The maximum absolute atomic E-state index is 13.2. The standard InChI is InChI=1S/C21H25F3N4/c1-13-7-10-16(11-17(13)21(22,23)24)25-19-12-18(14-8-9-14)27-20(28-19)26-15-5-3-2-4-6-15/h7,10-12,14-15H,2-6,8-9H2,1H3,(H2,25,26,27,28). The lowest BCUT2D eigenvalue weighted by atomic mass is 9.96. The third kappa shape index (κ3) is 4.56. The summed E-state index contributed by atoms with van der Waals surface area (Å²) >= 11 is 0. The van der Waals surface area contributed by atoms with Gasteiger partial charge < -0.3 is 10.6 Å². The molecule has 0 radical (unpaired) electrons. The van der Waals surface area contributed by atoms with E-state index >= 15 is 0 Å². The summed E-state index contributed by atoms with van der Waals surface area (Å²) in [6.07, 6.45) is 3.70. The van der Waals surface area contributed by atoms with Crippen LogP contribution < -0.4 is 10.6 Å².